The molecule has 110 valence electrons. The largest absolute Gasteiger partial charge is 0.326 e. The van der Waals surface area contributed by atoms with Crippen LogP contribution in [0.3, 0.4) is 0 Å². The molecule has 3 rings (SSSR count). The molecule has 1 fully saturated rings. The second-order valence-corrected chi connectivity index (χ2v) is 7.66. The Labute approximate surface area is 127 Å². The molecule has 0 aromatic heterocycles. The predicted octanol–water partition coefficient (Wildman–Crippen LogP) is 2.75. The Balaban J connectivity index is 1.93. The van der Waals surface area contributed by atoms with E-state index in [2.05, 4.69) is 0 Å². The zero-order valence-corrected chi connectivity index (χ0v) is 12.5. The molecular weight excluding hydrogens is 313 g/mol. The van der Waals surface area contributed by atoms with E-state index in [0.29, 0.717) is 10.6 Å². The number of sulfone groups is 1. The van der Waals surface area contributed by atoms with Crippen LogP contribution in [-0.2, 0) is 9.84 Å². The van der Waals surface area contributed by atoms with Gasteiger partial charge in [-0.1, -0.05) is 23.7 Å². The Morgan fingerprint density at radius 2 is 1.76 bits per heavy atom. The summed E-state index contributed by atoms with van der Waals surface area (Å²) in [6.45, 7) is 0. The van der Waals surface area contributed by atoms with E-state index in [1.54, 1.807) is 12.1 Å². The molecule has 3 nitrogen and oxygen atoms in total. The minimum atomic E-state index is -3.55. The molecule has 6 heteroatoms. The van der Waals surface area contributed by atoms with Crippen LogP contribution in [0.25, 0.3) is 0 Å². The maximum Gasteiger partial charge on any atom is 0.183 e. The maximum absolute atomic E-state index is 13.3. The molecule has 2 N–H and O–H groups in total. The lowest BCUT2D eigenvalue weighted by atomic mass is 10.1. The molecule has 0 unspecified atom stereocenters. The monoisotopic (exact) mass is 325 g/mol. The van der Waals surface area contributed by atoms with Crippen molar-refractivity contribution in [2.45, 2.75) is 22.1 Å². The molecule has 1 aliphatic rings. The maximum atomic E-state index is 13.3. The van der Waals surface area contributed by atoms with Gasteiger partial charge >= 0.3 is 0 Å². The summed E-state index contributed by atoms with van der Waals surface area (Å²) in [4.78, 5) is 0.186. The van der Waals surface area contributed by atoms with Crippen LogP contribution in [0.1, 0.15) is 11.5 Å². The third-order valence-electron chi connectivity index (χ3n) is 3.74. The van der Waals surface area contributed by atoms with Crippen LogP contribution in [-0.4, -0.2) is 19.7 Å². The Morgan fingerprint density at radius 3 is 2.38 bits per heavy atom. The highest BCUT2D eigenvalue weighted by Crippen LogP contribution is 2.47. The molecule has 0 bridgehead atoms. The van der Waals surface area contributed by atoms with Crippen molar-refractivity contribution in [1.29, 1.82) is 0 Å². The minimum Gasteiger partial charge on any atom is -0.326 e. The first kappa shape index (κ1) is 14.5. The Hall–Kier alpha value is -1.43. The van der Waals surface area contributed by atoms with Crippen molar-refractivity contribution in [2.75, 3.05) is 0 Å². The van der Waals surface area contributed by atoms with Crippen LogP contribution in [0.5, 0.6) is 0 Å². The van der Waals surface area contributed by atoms with E-state index >= 15 is 0 Å². The molecule has 2 aromatic rings. The first-order valence-electron chi connectivity index (χ1n) is 6.42. The SMILES string of the molecule is N[C@@H]1[C@@H](c2cccc(F)c2)[C@H]1S(=O)(=O)c1ccc(Cl)cc1. The van der Waals surface area contributed by atoms with E-state index in [4.69, 9.17) is 17.3 Å². The van der Waals surface area contributed by atoms with Crippen LogP contribution in [0, 0.1) is 5.82 Å². The van der Waals surface area contributed by atoms with Crippen LogP contribution >= 0.6 is 11.6 Å². The van der Waals surface area contributed by atoms with Gasteiger partial charge in [-0.2, -0.15) is 0 Å². The summed E-state index contributed by atoms with van der Waals surface area (Å²) in [5.74, 6) is -0.768. The van der Waals surface area contributed by atoms with Gasteiger partial charge in [0.2, 0.25) is 0 Å². The lowest BCUT2D eigenvalue weighted by Crippen LogP contribution is -2.15. The van der Waals surface area contributed by atoms with Gasteiger partial charge in [0, 0.05) is 17.0 Å². The molecule has 1 saturated carbocycles. The molecule has 0 spiro atoms. The third-order valence-corrected chi connectivity index (χ3v) is 6.25. The summed E-state index contributed by atoms with van der Waals surface area (Å²) in [5.41, 5.74) is 6.53. The zero-order valence-electron chi connectivity index (χ0n) is 10.9. The van der Waals surface area contributed by atoms with E-state index in [-0.39, 0.29) is 10.8 Å². The van der Waals surface area contributed by atoms with Crippen molar-refractivity contribution in [2.24, 2.45) is 5.73 Å². The average Bonchev–Trinajstić information content (AvgIpc) is 3.12. The molecule has 0 amide bonds. The van der Waals surface area contributed by atoms with Gasteiger partial charge in [-0.05, 0) is 42.0 Å². The van der Waals surface area contributed by atoms with Crippen molar-refractivity contribution < 1.29 is 12.8 Å². The Kier molecular flexibility index (Phi) is 3.51. The number of nitrogens with two attached hydrogens (primary N) is 1. The lowest BCUT2D eigenvalue weighted by molar-refractivity contribution is 0.593. The van der Waals surface area contributed by atoms with E-state index in [9.17, 15) is 12.8 Å². The smallest absolute Gasteiger partial charge is 0.183 e. The number of rotatable bonds is 3. The second kappa shape index (κ2) is 5.09. The van der Waals surface area contributed by atoms with E-state index in [0.717, 1.165) is 0 Å². The molecular formula is C15H13ClFNO2S. The van der Waals surface area contributed by atoms with Crippen molar-refractivity contribution in [3.63, 3.8) is 0 Å². The highest BCUT2D eigenvalue weighted by molar-refractivity contribution is 7.92. The normalized spacial score (nSPS) is 24.8. The summed E-state index contributed by atoms with van der Waals surface area (Å²) in [6, 6.07) is 11.4. The van der Waals surface area contributed by atoms with Gasteiger partial charge in [-0.25, -0.2) is 12.8 Å². The quantitative estimate of drug-likeness (QED) is 0.944. The van der Waals surface area contributed by atoms with Crippen molar-refractivity contribution >= 4 is 21.4 Å². The Morgan fingerprint density at radius 1 is 1.10 bits per heavy atom. The Bertz CT molecular complexity index is 777. The first-order valence-corrected chi connectivity index (χ1v) is 8.34. The molecule has 3 atom stereocenters. The van der Waals surface area contributed by atoms with Crippen LogP contribution in [0.2, 0.25) is 5.02 Å². The predicted molar refractivity (Wildman–Crippen MR) is 79.5 cm³/mol. The molecule has 0 heterocycles. The fourth-order valence-electron chi connectivity index (χ4n) is 2.61. The highest BCUT2D eigenvalue weighted by Gasteiger charge is 2.57. The van der Waals surface area contributed by atoms with Gasteiger partial charge in [0.1, 0.15) is 5.82 Å². The number of hydrogen-bond acceptors (Lipinski definition) is 3. The molecule has 1 aliphatic carbocycles. The van der Waals surface area contributed by atoms with E-state index in [1.807, 2.05) is 0 Å². The van der Waals surface area contributed by atoms with E-state index in [1.165, 1.54) is 36.4 Å². The van der Waals surface area contributed by atoms with Gasteiger partial charge in [-0.15, -0.1) is 0 Å². The third kappa shape index (κ3) is 2.57. The fourth-order valence-corrected chi connectivity index (χ4v) is 4.78. The summed E-state index contributed by atoms with van der Waals surface area (Å²) < 4.78 is 38.4. The van der Waals surface area contributed by atoms with Crippen molar-refractivity contribution in [3.05, 3.63) is 64.9 Å². The van der Waals surface area contributed by atoms with E-state index < -0.39 is 26.9 Å². The van der Waals surface area contributed by atoms with Gasteiger partial charge in [0.15, 0.2) is 9.84 Å². The standard InChI is InChI=1S/C15H13ClFNO2S/c16-10-4-6-12(7-5-10)21(19,20)15-13(14(15)18)9-2-1-3-11(17)8-9/h1-8,13-15H,18H2/t13-,14-,15-/m1/s1. The second-order valence-electron chi connectivity index (χ2n) is 5.12. The first-order chi connectivity index (χ1) is 9.91. The number of benzene rings is 2. The van der Waals surface area contributed by atoms with Gasteiger partial charge < -0.3 is 5.73 Å². The summed E-state index contributed by atoms with van der Waals surface area (Å²) in [7, 11) is -3.55. The average molecular weight is 326 g/mol. The van der Waals surface area contributed by atoms with Crippen molar-refractivity contribution in [1.82, 2.24) is 0 Å². The summed E-state index contributed by atoms with van der Waals surface area (Å²) in [5, 5.41) is -0.254. The number of hydrogen-bond donors (Lipinski definition) is 1. The van der Waals surface area contributed by atoms with Gasteiger partial charge in [0.25, 0.3) is 0 Å². The van der Waals surface area contributed by atoms with Gasteiger partial charge in [0.05, 0.1) is 10.1 Å². The summed E-state index contributed by atoms with van der Waals surface area (Å²) in [6.07, 6.45) is 0. The van der Waals surface area contributed by atoms with Crippen LogP contribution in [0.4, 0.5) is 4.39 Å². The summed E-state index contributed by atoms with van der Waals surface area (Å²) >= 11 is 5.77. The topological polar surface area (TPSA) is 60.2 Å². The molecule has 0 saturated heterocycles. The van der Waals surface area contributed by atoms with Gasteiger partial charge in [-0.3, -0.25) is 0 Å². The zero-order chi connectivity index (χ0) is 15.2. The van der Waals surface area contributed by atoms with Crippen molar-refractivity contribution in [3.8, 4) is 0 Å². The molecule has 0 radical (unpaired) electrons. The fraction of sp³-hybridized carbons (Fsp3) is 0.200. The highest BCUT2D eigenvalue weighted by atomic mass is 35.5. The van der Waals surface area contributed by atoms with Crippen LogP contribution < -0.4 is 5.73 Å². The van der Waals surface area contributed by atoms with Crippen LogP contribution in [0.15, 0.2) is 53.4 Å². The molecule has 2 aromatic carbocycles. The minimum absolute atomic E-state index is 0.186. The lowest BCUT2D eigenvalue weighted by Gasteiger charge is -2.04. The molecule has 0 aliphatic heterocycles. The molecule has 21 heavy (non-hydrogen) atoms. The number of halogens is 2.